The van der Waals surface area contributed by atoms with E-state index < -0.39 is 5.82 Å². The lowest BCUT2D eigenvalue weighted by Crippen LogP contribution is -2.23. The van der Waals surface area contributed by atoms with Crippen molar-refractivity contribution in [3.8, 4) is 10.4 Å². The number of fused-ring (bicyclic) bond motifs is 1. The van der Waals surface area contributed by atoms with Gasteiger partial charge in [-0.15, -0.1) is 23.7 Å². The molecule has 3 aromatic rings. The summed E-state index contributed by atoms with van der Waals surface area (Å²) in [6.07, 6.45) is 2.66. The van der Waals surface area contributed by atoms with Gasteiger partial charge in [0.15, 0.2) is 0 Å². The number of nitrogens with zero attached hydrogens (tertiary/aromatic N) is 2. The second-order valence-corrected chi connectivity index (χ2v) is 6.45. The van der Waals surface area contributed by atoms with Gasteiger partial charge in [0.25, 0.3) is 5.56 Å². The zero-order valence-electron chi connectivity index (χ0n) is 12.5. The third kappa shape index (κ3) is 3.26. The number of halogens is 2. The van der Waals surface area contributed by atoms with Crippen LogP contribution in [0.4, 0.5) is 4.39 Å². The summed E-state index contributed by atoms with van der Waals surface area (Å²) < 4.78 is 14.3. The lowest BCUT2D eigenvalue weighted by molar-refractivity contribution is 0.491. The van der Waals surface area contributed by atoms with Crippen molar-refractivity contribution in [3.05, 3.63) is 46.5 Å². The van der Waals surface area contributed by atoms with Crippen molar-refractivity contribution in [1.82, 2.24) is 15.0 Å². The molecule has 0 aliphatic carbocycles. The van der Waals surface area contributed by atoms with Gasteiger partial charge in [-0.05, 0) is 18.1 Å². The number of hydrogen-bond donors (Lipinski definition) is 2. The lowest BCUT2D eigenvalue weighted by atomic mass is 10.1. The molecule has 0 spiro atoms. The molecule has 3 N–H and O–H groups in total. The molecule has 8 heteroatoms. The van der Waals surface area contributed by atoms with Gasteiger partial charge in [0.05, 0.1) is 17.8 Å². The van der Waals surface area contributed by atoms with Crippen LogP contribution in [-0.4, -0.2) is 15.0 Å². The molecule has 5 nitrogen and oxygen atoms in total. The van der Waals surface area contributed by atoms with Crippen LogP contribution in [0, 0.1) is 11.7 Å². The largest absolute Gasteiger partial charge is 0.321 e. The van der Waals surface area contributed by atoms with Crippen LogP contribution in [0.1, 0.15) is 25.7 Å². The van der Waals surface area contributed by atoms with Crippen molar-refractivity contribution >= 4 is 34.0 Å². The molecular weight excluding hydrogens is 339 g/mol. The highest BCUT2D eigenvalue weighted by molar-refractivity contribution is 7.22. The van der Waals surface area contributed by atoms with E-state index in [0.29, 0.717) is 26.5 Å². The maximum Gasteiger partial charge on any atom is 0.268 e. The first kappa shape index (κ1) is 17.5. The van der Waals surface area contributed by atoms with Crippen LogP contribution < -0.4 is 11.3 Å². The molecule has 0 fully saturated rings. The highest BCUT2D eigenvalue weighted by Gasteiger charge is 2.17. The Kier molecular flexibility index (Phi) is 5.13. The molecule has 122 valence electrons. The Bertz CT molecular complexity index is 893. The van der Waals surface area contributed by atoms with Crippen LogP contribution in [-0.2, 0) is 0 Å². The Morgan fingerprint density at radius 1 is 1.39 bits per heavy atom. The standard InChI is InChI=1S/C15H15FN4OS.ClH/c1-7(2)12(17)14-19-10-5-11(22-13(10)15(21)20-14)8-3-4-18-6-9(8)16;/h3-7,12H,17H2,1-2H3,(H,19,20,21);1H/t12-;/m1./s1. The van der Waals surface area contributed by atoms with Gasteiger partial charge < -0.3 is 10.7 Å². The number of thiophene rings is 1. The van der Waals surface area contributed by atoms with Crippen molar-refractivity contribution in [3.63, 3.8) is 0 Å². The van der Waals surface area contributed by atoms with Gasteiger partial charge >= 0.3 is 0 Å². The predicted octanol–water partition coefficient (Wildman–Crippen LogP) is 3.26. The third-order valence-corrected chi connectivity index (χ3v) is 4.63. The first-order valence-electron chi connectivity index (χ1n) is 6.86. The summed E-state index contributed by atoms with van der Waals surface area (Å²) in [6, 6.07) is 2.94. The van der Waals surface area contributed by atoms with Gasteiger partial charge in [-0.3, -0.25) is 9.78 Å². The molecule has 0 saturated heterocycles. The highest BCUT2D eigenvalue weighted by Crippen LogP contribution is 2.32. The Balaban J connectivity index is 0.00000192. The molecule has 0 aliphatic heterocycles. The minimum atomic E-state index is -0.426. The van der Waals surface area contributed by atoms with Crippen molar-refractivity contribution < 1.29 is 4.39 Å². The molecule has 0 radical (unpaired) electrons. The fourth-order valence-electron chi connectivity index (χ4n) is 2.14. The number of rotatable bonds is 3. The monoisotopic (exact) mass is 354 g/mol. The van der Waals surface area contributed by atoms with Crippen LogP contribution in [0.2, 0.25) is 0 Å². The zero-order chi connectivity index (χ0) is 15.9. The summed E-state index contributed by atoms with van der Waals surface area (Å²) in [7, 11) is 0. The van der Waals surface area contributed by atoms with E-state index in [1.54, 1.807) is 12.1 Å². The second-order valence-electron chi connectivity index (χ2n) is 5.40. The molecule has 3 heterocycles. The highest BCUT2D eigenvalue weighted by atomic mass is 35.5. The van der Waals surface area contributed by atoms with Crippen LogP contribution in [0.15, 0.2) is 29.3 Å². The van der Waals surface area contributed by atoms with Gasteiger partial charge in [0, 0.05) is 16.6 Å². The number of aromatic nitrogens is 3. The van der Waals surface area contributed by atoms with E-state index in [9.17, 15) is 9.18 Å². The molecule has 0 aliphatic rings. The Morgan fingerprint density at radius 3 is 2.78 bits per heavy atom. The summed E-state index contributed by atoms with van der Waals surface area (Å²) >= 11 is 1.21. The molecule has 1 atom stereocenters. The number of nitrogens with one attached hydrogen (secondary N) is 1. The topological polar surface area (TPSA) is 84.7 Å². The van der Waals surface area contributed by atoms with Crippen LogP contribution in [0.5, 0.6) is 0 Å². The molecular formula is C15H16ClFN4OS. The van der Waals surface area contributed by atoms with Crippen molar-refractivity contribution in [1.29, 1.82) is 0 Å². The van der Waals surface area contributed by atoms with Crippen LogP contribution >= 0.6 is 23.7 Å². The first-order valence-corrected chi connectivity index (χ1v) is 7.68. The summed E-state index contributed by atoms with van der Waals surface area (Å²) in [5, 5.41) is 0. The van der Waals surface area contributed by atoms with Crippen molar-refractivity contribution in [2.75, 3.05) is 0 Å². The molecule has 0 amide bonds. The van der Waals surface area contributed by atoms with E-state index in [2.05, 4.69) is 15.0 Å². The van der Waals surface area contributed by atoms with E-state index in [-0.39, 0.29) is 29.9 Å². The quantitative estimate of drug-likeness (QED) is 0.756. The Labute approximate surface area is 142 Å². The van der Waals surface area contributed by atoms with E-state index in [1.165, 1.54) is 17.5 Å². The first-order chi connectivity index (χ1) is 10.5. The van der Waals surface area contributed by atoms with E-state index >= 15 is 0 Å². The van der Waals surface area contributed by atoms with Gasteiger partial charge in [0.2, 0.25) is 0 Å². The van der Waals surface area contributed by atoms with Gasteiger partial charge in [-0.25, -0.2) is 9.37 Å². The molecule has 3 rings (SSSR count). The average molecular weight is 355 g/mol. The average Bonchev–Trinajstić information content (AvgIpc) is 2.91. The van der Waals surface area contributed by atoms with E-state index in [4.69, 9.17) is 5.73 Å². The Hall–Kier alpha value is -1.83. The fraction of sp³-hybridized carbons (Fsp3) is 0.267. The molecule has 0 unspecified atom stereocenters. The molecule has 23 heavy (non-hydrogen) atoms. The third-order valence-electron chi connectivity index (χ3n) is 3.47. The van der Waals surface area contributed by atoms with Crippen molar-refractivity contribution in [2.24, 2.45) is 11.7 Å². The summed E-state index contributed by atoms with van der Waals surface area (Å²) in [5.74, 6) is 0.174. The minimum Gasteiger partial charge on any atom is -0.321 e. The minimum absolute atomic E-state index is 0. The number of hydrogen-bond acceptors (Lipinski definition) is 5. The fourth-order valence-corrected chi connectivity index (χ4v) is 3.16. The molecule has 0 saturated carbocycles. The van der Waals surface area contributed by atoms with Crippen molar-refractivity contribution in [2.45, 2.75) is 19.9 Å². The van der Waals surface area contributed by atoms with Crippen LogP contribution in [0.25, 0.3) is 20.7 Å². The maximum absolute atomic E-state index is 13.8. The number of H-pyrrole nitrogens is 1. The predicted molar refractivity (Wildman–Crippen MR) is 92.4 cm³/mol. The maximum atomic E-state index is 13.8. The van der Waals surface area contributed by atoms with E-state index in [0.717, 1.165) is 6.20 Å². The normalized spacial score (nSPS) is 12.4. The van der Waals surface area contributed by atoms with Crippen LogP contribution in [0.3, 0.4) is 0 Å². The molecule has 0 aromatic carbocycles. The SMILES string of the molecule is CC(C)[C@@H](N)c1nc2cc(-c3ccncc3F)sc2c(=O)[nH]1.Cl. The van der Waals surface area contributed by atoms with Gasteiger partial charge in [0.1, 0.15) is 16.3 Å². The molecule has 0 bridgehead atoms. The number of pyridine rings is 1. The lowest BCUT2D eigenvalue weighted by Gasteiger charge is -2.13. The van der Waals surface area contributed by atoms with E-state index in [1.807, 2.05) is 13.8 Å². The second kappa shape index (κ2) is 6.74. The zero-order valence-corrected chi connectivity index (χ0v) is 14.2. The summed E-state index contributed by atoms with van der Waals surface area (Å²) in [6.45, 7) is 3.92. The molecule has 3 aromatic heterocycles. The van der Waals surface area contributed by atoms with Gasteiger partial charge in [-0.2, -0.15) is 0 Å². The number of nitrogens with two attached hydrogens (primary N) is 1. The Morgan fingerprint density at radius 2 is 2.13 bits per heavy atom. The smallest absolute Gasteiger partial charge is 0.268 e. The summed E-state index contributed by atoms with van der Waals surface area (Å²) in [5.41, 5.74) is 6.74. The number of aromatic amines is 1. The summed E-state index contributed by atoms with van der Waals surface area (Å²) in [4.78, 5) is 23.7. The van der Waals surface area contributed by atoms with Gasteiger partial charge in [-0.1, -0.05) is 13.8 Å².